The molecule has 2 amide bonds. The number of amides is 2. The van der Waals surface area contributed by atoms with Gasteiger partial charge in [-0.3, -0.25) is 0 Å². The summed E-state index contributed by atoms with van der Waals surface area (Å²) < 4.78 is 0. The van der Waals surface area contributed by atoms with Gasteiger partial charge in [-0.2, -0.15) is 0 Å². The Morgan fingerprint density at radius 1 is 1.08 bits per heavy atom. The van der Waals surface area contributed by atoms with E-state index < -0.39 is 0 Å². The lowest BCUT2D eigenvalue weighted by Gasteiger charge is -2.19. The number of halogens is 1. The van der Waals surface area contributed by atoms with Gasteiger partial charge < -0.3 is 20.4 Å². The van der Waals surface area contributed by atoms with Crippen LogP contribution < -0.4 is 15.5 Å². The molecule has 2 atom stereocenters. The van der Waals surface area contributed by atoms with E-state index in [1.165, 1.54) is 31.6 Å². The summed E-state index contributed by atoms with van der Waals surface area (Å²) in [6, 6.07) is 7.97. The maximum Gasteiger partial charge on any atom is 0.314 e. The molecule has 26 heavy (non-hydrogen) atoms. The highest BCUT2D eigenvalue weighted by molar-refractivity contribution is 6.30. The third kappa shape index (κ3) is 5.52. The molecule has 0 aliphatic carbocycles. The van der Waals surface area contributed by atoms with Crippen molar-refractivity contribution in [3.63, 3.8) is 0 Å². The average molecular weight is 379 g/mol. The molecule has 6 heteroatoms. The van der Waals surface area contributed by atoms with Gasteiger partial charge in [0, 0.05) is 43.4 Å². The number of nitrogens with zero attached hydrogens (tertiary/aromatic N) is 2. The first-order valence-electron chi connectivity index (χ1n) is 9.88. The van der Waals surface area contributed by atoms with Gasteiger partial charge in [-0.05, 0) is 68.5 Å². The van der Waals surface area contributed by atoms with Crippen molar-refractivity contribution in [1.29, 1.82) is 0 Å². The molecule has 144 valence electrons. The summed E-state index contributed by atoms with van der Waals surface area (Å²) in [6.07, 6.45) is 3.51. The lowest BCUT2D eigenvalue weighted by Crippen LogP contribution is -2.41. The molecule has 0 unspecified atom stereocenters. The highest BCUT2D eigenvalue weighted by Crippen LogP contribution is 2.24. The highest BCUT2D eigenvalue weighted by atomic mass is 35.5. The molecule has 2 aliphatic heterocycles. The fourth-order valence-corrected chi connectivity index (χ4v) is 4.15. The Labute approximate surface area is 162 Å². The molecule has 2 aliphatic rings. The average Bonchev–Trinajstić information content (AvgIpc) is 3.29. The molecule has 1 aromatic rings. The fourth-order valence-electron chi connectivity index (χ4n) is 4.02. The number of likely N-dealkylation sites (tertiary alicyclic amines) is 1. The molecule has 0 saturated carbocycles. The Morgan fingerprint density at radius 2 is 1.73 bits per heavy atom. The number of rotatable bonds is 7. The third-order valence-corrected chi connectivity index (χ3v) is 5.74. The van der Waals surface area contributed by atoms with Crippen LogP contribution in [0.2, 0.25) is 5.02 Å². The largest absolute Gasteiger partial charge is 0.371 e. The van der Waals surface area contributed by atoms with E-state index in [4.69, 9.17) is 11.6 Å². The summed E-state index contributed by atoms with van der Waals surface area (Å²) in [5.74, 6) is 1.10. The SMILES string of the molecule is CCCN1CC[C@H](CNC(=O)NC[C@@H]2CCN(c3ccc(Cl)cc3)C2)C1. The second kappa shape index (κ2) is 9.47. The summed E-state index contributed by atoms with van der Waals surface area (Å²) in [5.41, 5.74) is 1.21. The molecule has 2 heterocycles. The van der Waals surface area contributed by atoms with Crippen molar-refractivity contribution >= 4 is 23.3 Å². The van der Waals surface area contributed by atoms with Crippen LogP contribution in [0.15, 0.2) is 24.3 Å². The molecule has 0 aromatic heterocycles. The van der Waals surface area contributed by atoms with Crippen molar-refractivity contribution in [2.45, 2.75) is 26.2 Å². The first-order valence-corrected chi connectivity index (χ1v) is 10.3. The number of hydrogen-bond donors (Lipinski definition) is 2. The molecular formula is C20H31ClN4O. The summed E-state index contributed by atoms with van der Waals surface area (Å²) >= 11 is 5.96. The number of urea groups is 1. The smallest absolute Gasteiger partial charge is 0.314 e. The summed E-state index contributed by atoms with van der Waals surface area (Å²) in [6.45, 7) is 9.22. The maximum absolute atomic E-state index is 12.1. The Kier molecular flexibility index (Phi) is 7.03. The van der Waals surface area contributed by atoms with Gasteiger partial charge in [0.15, 0.2) is 0 Å². The molecule has 2 N–H and O–H groups in total. The van der Waals surface area contributed by atoms with Gasteiger partial charge in [0.2, 0.25) is 0 Å². The molecule has 0 bridgehead atoms. The minimum atomic E-state index is -0.0242. The Balaban J connectivity index is 1.32. The minimum Gasteiger partial charge on any atom is -0.371 e. The molecule has 0 radical (unpaired) electrons. The lowest BCUT2D eigenvalue weighted by molar-refractivity contribution is 0.237. The van der Waals surface area contributed by atoms with Gasteiger partial charge in [0.1, 0.15) is 0 Å². The van der Waals surface area contributed by atoms with E-state index in [1.54, 1.807) is 0 Å². The Morgan fingerprint density at radius 3 is 2.42 bits per heavy atom. The molecule has 1 aromatic carbocycles. The van der Waals surface area contributed by atoms with E-state index in [0.29, 0.717) is 11.8 Å². The second-order valence-electron chi connectivity index (χ2n) is 7.62. The van der Waals surface area contributed by atoms with E-state index >= 15 is 0 Å². The van der Waals surface area contributed by atoms with E-state index in [1.807, 2.05) is 12.1 Å². The van der Waals surface area contributed by atoms with Crippen molar-refractivity contribution in [2.75, 3.05) is 50.7 Å². The topological polar surface area (TPSA) is 47.6 Å². The van der Waals surface area contributed by atoms with Crippen molar-refractivity contribution in [2.24, 2.45) is 11.8 Å². The van der Waals surface area contributed by atoms with Crippen LogP contribution >= 0.6 is 11.6 Å². The molecule has 2 fully saturated rings. The van der Waals surface area contributed by atoms with E-state index in [9.17, 15) is 4.79 Å². The van der Waals surface area contributed by atoms with Gasteiger partial charge in [0.05, 0.1) is 0 Å². The van der Waals surface area contributed by atoms with Crippen LogP contribution in [0.1, 0.15) is 26.2 Å². The van der Waals surface area contributed by atoms with Crippen molar-refractivity contribution in [1.82, 2.24) is 15.5 Å². The Hall–Kier alpha value is -1.46. The monoisotopic (exact) mass is 378 g/mol. The van der Waals surface area contributed by atoms with E-state index in [0.717, 1.165) is 44.2 Å². The molecule has 0 spiro atoms. The Bertz CT molecular complexity index is 580. The van der Waals surface area contributed by atoms with Crippen LogP contribution in [0.25, 0.3) is 0 Å². The predicted octanol–water partition coefficient (Wildman–Crippen LogP) is 3.20. The minimum absolute atomic E-state index is 0.0242. The van der Waals surface area contributed by atoms with E-state index in [-0.39, 0.29) is 6.03 Å². The zero-order chi connectivity index (χ0) is 18.4. The van der Waals surface area contributed by atoms with Crippen LogP contribution in [0.4, 0.5) is 10.5 Å². The van der Waals surface area contributed by atoms with Crippen LogP contribution in [-0.2, 0) is 0 Å². The summed E-state index contributed by atoms with van der Waals surface area (Å²) in [5, 5.41) is 6.88. The van der Waals surface area contributed by atoms with Gasteiger partial charge in [-0.15, -0.1) is 0 Å². The first-order chi connectivity index (χ1) is 12.6. The van der Waals surface area contributed by atoms with Crippen LogP contribution in [-0.4, -0.2) is 56.7 Å². The highest BCUT2D eigenvalue weighted by Gasteiger charge is 2.24. The number of nitrogens with one attached hydrogen (secondary N) is 2. The molecule has 2 saturated heterocycles. The number of hydrogen-bond acceptors (Lipinski definition) is 3. The second-order valence-corrected chi connectivity index (χ2v) is 8.06. The standard InChI is InChI=1S/C20H31ClN4O/c1-2-9-24-10-7-16(14-24)12-22-20(26)23-13-17-8-11-25(15-17)19-5-3-18(21)4-6-19/h3-6,16-17H,2,7-15H2,1H3,(H2,22,23,26)/t16-,17+/m1/s1. The zero-order valence-electron chi connectivity index (χ0n) is 15.7. The number of carbonyl (C=O) groups is 1. The predicted molar refractivity (Wildman–Crippen MR) is 108 cm³/mol. The lowest BCUT2D eigenvalue weighted by atomic mass is 10.1. The number of anilines is 1. The van der Waals surface area contributed by atoms with Crippen molar-refractivity contribution in [3.8, 4) is 0 Å². The fraction of sp³-hybridized carbons (Fsp3) is 0.650. The number of benzene rings is 1. The number of carbonyl (C=O) groups excluding carboxylic acids is 1. The van der Waals surface area contributed by atoms with Gasteiger partial charge in [-0.25, -0.2) is 4.79 Å². The van der Waals surface area contributed by atoms with Crippen LogP contribution in [0, 0.1) is 11.8 Å². The summed E-state index contributed by atoms with van der Waals surface area (Å²) in [7, 11) is 0. The van der Waals surface area contributed by atoms with Crippen molar-refractivity contribution in [3.05, 3.63) is 29.3 Å². The van der Waals surface area contributed by atoms with Crippen LogP contribution in [0.5, 0.6) is 0 Å². The van der Waals surface area contributed by atoms with Gasteiger partial charge in [-0.1, -0.05) is 18.5 Å². The van der Waals surface area contributed by atoms with E-state index in [2.05, 4.69) is 39.5 Å². The maximum atomic E-state index is 12.1. The molecule has 5 nitrogen and oxygen atoms in total. The zero-order valence-corrected chi connectivity index (χ0v) is 16.5. The molecule has 3 rings (SSSR count). The van der Waals surface area contributed by atoms with Gasteiger partial charge in [0.25, 0.3) is 0 Å². The first kappa shape index (κ1) is 19.3. The van der Waals surface area contributed by atoms with Crippen LogP contribution in [0.3, 0.4) is 0 Å². The molecular weight excluding hydrogens is 348 g/mol. The van der Waals surface area contributed by atoms with Gasteiger partial charge >= 0.3 is 6.03 Å². The quantitative estimate of drug-likeness (QED) is 0.766. The summed E-state index contributed by atoms with van der Waals surface area (Å²) in [4.78, 5) is 16.9. The van der Waals surface area contributed by atoms with Crippen molar-refractivity contribution < 1.29 is 4.79 Å². The normalized spacial score (nSPS) is 23.4. The third-order valence-electron chi connectivity index (χ3n) is 5.49.